The first-order chi connectivity index (χ1) is 10.2. The van der Waals surface area contributed by atoms with E-state index in [2.05, 4.69) is 31.3 Å². The predicted octanol–water partition coefficient (Wildman–Crippen LogP) is 5.50. The summed E-state index contributed by atoms with van der Waals surface area (Å²) in [6.07, 6.45) is 9.52. The summed E-state index contributed by atoms with van der Waals surface area (Å²) < 4.78 is 0. The van der Waals surface area contributed by atoms with Gasteiger partial charge in [0, 0.05) is 12.1 Å². The van der Waals surface area contributed by atoms with Gasteiger partial charge in [-0.1, -0.05) is 64.2 Å². The van der Waals surface area contributed by atoms with Crippen LogP contribution in [0.4, 0.5) is 5.69 Å². The Balaban J connectivity index is 1.87. The monoisotopic (exact) mass is 287 g/mol. The van der Waals surface area contributed by atoms with Crippen molar-refractivity contribution >= 4 is 11.6 Å². The maximum atomic E-state index is 12.2. The summed E-state index contributed by atoms with van der Waals surface area (Å²) in [5, 5.41) is 3.13. The highest BCUT2D eigenvalue weighted by atomic mass is 16.1. The molecule has 0 bridgehead atoms. The molecular formula is C19H29NO. The van der Waals surface area contributed by atoms with Crippen LogP contribution in [0.3, 0.4) is 0 Å². The summed E-state index contributed by atoms with van der Waals surface area (Å²) in [6.45, 7) is 4.40. The quantitative estimate of drug-likeness (QED) is 0.735. The predicted molar refractivity (Wildman–Crippen MR) is 89.6 cm³/mol. The van der Waals surface area contributed by atoms with Gasteiger partial charge in [0.1, 0.15) is 0 Å². The van der Waals surface area contributed by atoms with Gasteiger partial charge in [-0.2, -0.15) is 0 Å². The molecule has 1 atom stereocenters. The molecule has 1 aliphatic rings. The second-order valence-corrected chi connectivity index (χ2v) is 6.49. The van der Waals surface area contributed by atoms with Crippen molar-refractivity contribution < 1.29 is 4.79 Å². The first-order valence-corrected chi connectivity index (χ1v) is 8.59. The van der Waals surface area contributed by atoms with Crippen molar-refractivity contribution in [3.8, 4) is 0 Å². The lowest BCUT2D eigenvalue weighted by molar-refractivity contribution is -0.116. The van der Waals surface area contributed by atoms with E-state index in [1.807, 2.05) is 12.1 Å². The summed E-state index contributed by atoms with van der Waals surface area (Å²) >= 11 is 0. The minimum Gasteiger partial charge on any atom is -0.326 e. The van der Waals surface area contributed by atoms with E-state index in [0.717, 1.165) is 24.4 Å². The van der Waals surface area contributed by atoms with E-state index in [1.165, 1.54) is 37.7 Å². The normalized spacial score (nSPS) is 17.4. The van der Waals surface area contributed by atoms with Gasteiger partial charge in [-0.15, -0.1) is 0 Å². The Morgan fingerprint density at radius 1 is 1.24 bits per heavy atom. The molecule has 0 aliphatic heterocycles. The Labute approximate surface area is 129 Å². The first kappa shape index (κ1) is 16.1. The van der Waals surface area contributed by atoms with E-state index < -0.39 is 0 Å². The fraction of sp³-hybridized carbons (Fsp3) is 0.632. The average Bonchev–Trinajstić information content (AvgIpc) is 2.54. The molecule has 2 rings (SSSR count). The molecule has 0 radical (unpaired) electrons. The van der Waals surface area contributed by atoms with Crippen molar-refractivity contribution in [3.05, 3.63) is 29.8 Å². The van der Waals surface area contributed by atoms with Gasteiger partial charge in [0.25, 0.3) is 0 Å². The molecule has 1 amide bonds. The number of rotatable bonds is 6. The lowest BCUT2D eigenvalue weighted by atomic mass is 9.86. The van der Waals surface area contributed by atoms with E-state index >= 15 is 0 Å². The van der Waals surface area contributed by atoms with E-state index in [1.54, 1.807) is 0 Å². The molecule has 1 fully saturated rings. The van der Waals surface area contributed by atoms with Gasteiger partial charge >= 0.3 is 0 Å². The third kappa shape index (κ3) is 4.87. The summed E-state index contributed by atoms with van der Waals surface area (Å²) in [5.41, 5.74) is 2.26. The van der Waals surface area contributed by atoms with Crippen LogP contribution in [0, 0.1) is 5.92 Å². The number of anilines is 1. The Kier molecular flexibility index (Phi) is 6.28. The largest absolute Gasteiger partial charge is 0.326 e. The number of amides is 1. The lowest BCUT2D eigenvalue weighted by Crippen LogP contribution is -2.16. The first-order valence-electron chi connectivity index (χ1n) is 8.59. The number of carbonyl (C=O) groups excluding carboxylic acids is 1. The Morgan fingerprint density at radius 2 is 1.95 bits per heavy atom. The maximum Gasteiger partial charge on any atom is 0.224 e. The molecule has 21 heavy (non-hydrogen) atoms. The zero-order valence-corrected chi connectivity index (χ0v) is 13.5. The van der Waals surface area contributed by atoms with Crippen LogP contribution in [0.1, 0.15) is 76.7 Å². The number of hydrogen-bond acceptors (Lipinski definition) is 1. The van der Waals surface area contributed by atoms with Gasteiger partial charge in [0.2, 0.25) is 5.91 Å². The van der Waals surface area contributed by atoms with Crippen LogP contribution in [0.2, 0.25) is 0 Å². The Hall–Kier alpha value is -1.31. The van der Waals surface area contributed by atoms with Gasteiger partial charge < -0.3 is 5.32 Å². The standard InChI is InChI=1S/C19H29NO/c1-3-15(2)17-11-7-8-12-18(17)20-19(21)14-13-16-9-5-4-6-10-16/h7-8,11-12,15-16H,3-6,9-10,13-14H2,1-2H3,(H,20,21)/t15-/m1/s1. The van der Waals surface area contributed by atoms with Crippen molar-refractivity contribution in [1.29, 1.82) is 0 Å². The number of nitrogens with one attached hydrogen (secondary N) is 1. The Bertz CT molecular complexity index is 449. The second kappa shape index (κ2) is 8.21. The van der Waals surface area contributed by atoms with E-state index in [-0.39, 0.29) is 5.91 Å². The van der Waals surface area contributed by atoms with Crippen LogP contribution in [-0.2, 0) is 4.79 Å². The summed E-state index contributed by atoms with van der Waals surface area (Å²) in [5.74, 6) is 1.44. The topological polar surface area (TPSA) is 29.1 Å². The third-order valence-corrected chi connectivity index (χ3v) is 4.88. The highest BCUT2D eigenvalue weighted by molar-refractivity contribution is 5.91. The molecule has 2 heteroatoms. The van der Waals surface area contributed by atoms with Gasteiger partial charge in [0.05, 0.1) is 0 Å². The SMILES string of the molecule is CC[C@@H](C)c1ccccc1NC(=O)CCC1CCCCC1. The van der Waals surface area contributed by atoms with Crippen LogP contribution in [0.15, 0.2) is 24.3 Å². The molecule has 0 heterocycles. The maximum absolute atomic E-state index is 12.2. The van der Waals surface area contributed by atoms with Crippen molar-refractivity contribution in [2.24, 2.45) is 5.92 Å². The number of hydrogen-bond donors (Lipinski definition) is 1. The van der Waals surface area contributed by atoms with Crippen LogP contribution in [-0.4, -0.2) is 5.91 Å². The zero-order valence-electron chi connectivity index (χ0n) is 13.5. The molecule has 1 aromatic carbocycles. The number of benzene rings is 1. The highest BCUT2D eigenvalue weighted by Gasteiger charge is 2.16. The average molecular weight is 287 g/mol. The molecule has 116 valence electrons. The summed E-state index contributed by atoms with van der Waals surface area (Å²) in [4.78, 5) is 12.2. The molecule has 1 N–H and O–H groups in total. The van der Waals surface area contributed by atoms with E-state index in [4.69, 9.17) is 0 Å². The highest BCUT2D eigenvalue weighted by Crippen LogP contribution is 2.29. The molecule has 1 aromatic rings. The molecule has 1 aliphatic carbocycles. The summed E-state index contributed by atoms with van der Waals surface area (Å²) in [7, 11) is 0. The zero-order chi connectivity index (χ0) is 15.1. The number of para-hydroxylation sites is 1. The molecule has 2 nitrogen and oxygen atoms in total. The van der Waals surface area contributed by atoms with Crippen molar-refractivity contribution in [2.75, 3.05) is 5.32 Å². The van der Waals surface area contributed by atoms with Gasteiger partial charge in [-0.05, 0) is 36.3 Å². The molecule has 1 saturated carbocycles. The van der Waals surface area contributed by atoms with Gasteiger partial charge in [-0.3, -0.25) is 4.79 Å². The third-order valence-electron chi connectivity index (χ3n) is 4.88. The van der Waals surface area contributed by atoms with Crippen LogP contribution < -0.4 is 5.32 Å². The fourth-order valence-electron chi connectivity index (χ4n) is 3.28. The van der Waals surface area contributed by atoms with E-state index in [0.29, 0.717) is 12.3 Å². The molecule has 0 saturated heterocycles. The molecule has 0 aromatic heterocycles. The van der Waals surface area contributed by atoms with Gasteiger partial charge in [0.15, 0.2) is 0 Å². The Morgan fingerprint density at radius 3 is 2.67 bits per heavy atom. The smallest absolute Gasteiger partial charge is 0.224 e. The molecular weight excluding hydrogens is 258 g/mol. The van der Waals surface area contributed by atoms with E-state index in [9.17, 15) is 4.79 Å². The number of carbonyl (C=O) groups is 1. The van der Waals surface area contributed by atoms with Crippen molar-refractivity contribution in [1.82, 2.24) is 0 Å². The minimum absolute atomic E-state index is 0.177. The molecule has 0 unspecified atom stereocenters. The van der Waals surface area contributed by atoms with Crippen LogP contribution in [0.25, 0.3) is 0 Å². The lowest BCUT2D eigenvalue weighted by Gasteiger charge is -2.21. The minimum atomic E-state index is 0.177. The second-order valence-electron chi connectivity index (χ2n) is 6.49. The van der Waals surface area contributed by atoms with Crippen molar-refractivity contribution in [3.63, 3.8) is 0 Å². The van der Waals surface area contributed by atoms with Gasteiger partial charge in [-0.25, -0.2) is 0 Å². The van der Waals surface area contributed by atoms with Crippen LogP contribution >= 0.6 is 0 Å². The van der Waals surface area contributed by atoms with Crippen molar-refractivity contribution in [2.45, 2.75) is 71.1 Å². The fourth-order valence-corrected chi connectivity index (χ4v) is 3.28. The van der Waals surface area contributed by atoms with Crippen LogP contribution in [0.5, 0.6) is 0 Å². The summed E-state index contributed by atoms with van der Waals surface area (Å²) in [6, 6.07) is 8.22. The molecule has 0 spiro atoms.